The van der Waals surface area contributed by atoms with E-state index in [1.54, 1.807) is 17.8 Å². The first-order valence-corrected chi connectivity index (χ1v) is 9.34. The Hall–Kier alpha value is -0.780. The molecule has 25 heavy (non-hydrogen) atoms. The molecule has 0 bridgehead atoms. The third kappa shape index (κ3) is 5.87. The molecule has 2 nitrogen and oxygen atoms in total. The molecule has 0 unspecified atom stereocenters. The molecule has 0 spiro atoms. The third-order valence-corrected chi connectivity index (χ3v) is 5.25. The van der Waals surface area contributed by atoms with E-state index in [0.717, 1.165) is 23.4 Å². The van der Waals surface area contributed by atoms with Crippen molar-refractivity contribution in [3.05, 3.63) is 65.5 Å². The van der Waals surface area contributed by atoms with Gasteiger partial charge in [0.05, 0.1) is 0 Å². The standard InChI is InChI=1S/C19H23FN2S.2ClH/c1-23-18-10-9-16(20)12-15(18)13-22-17-8-5-11-21-19(17)14-6-3-2-4-7-14;;/h2-4,6-7,9-10,12,17,19,21-22H,5,8,11,13H2,1H3;2*1H/t17-,19-;;/m1../s1. The number of nitrogens with one attached hydrogen (secondary N) is 2. The molecule has 1 fully saturated rings. The van der Waals surface area contributed by atoms with E-state index in [9.17, 15) is 4.39 Å². The minimum absolute atomic E-state index is 0. The molecule has 2 aromatic rings. The van der Waals surface area contributed by atoms with E-state index in [2.05, 4.69) is 34.9 Å². The van der Waals surface area contributed by atoms with Crippen molar-refractivity contribution in [2.45, 2.75) is 36.4 Å². The summed E-state index contributed by atoms with van der Waals surface area (Å²) in [5.41, 5.74) is 2.35. The number of piperidine rings is 1. The Morgan fingerprint density at radius 3 is 2.64 bits per heavy atom. The van der Waals surface area contributed by atoms with Gasteiger partial charge < -0.3 is 10.6 Å². The molecule has 0 amide bonds. The largest absolute Gasteiger partial charge is 0.309 e. The normalized spacial score (nSPS) is 19.6. The van der Waals surface area contributed by atoms with Gasteiger partial charge >= 0.3 is 0 Å². The van der Waals surface area contributed by atoms with Gasteiger partial charge in [0.1, 0.15) is 5.82 Å². The zero-order chi connectivity index (χ0) is 16.1. The predicted molar refractivity (Wildman–Crippen MR) is 110 cm³/mol. The van der Waals surface area contributed by atoms with Crippen molar-refractivity contribution in [1.82, 2.24) is 10.6 Å². The molecular weight excluding hydrogens is 378 g/mol. The Balaban J connectivity index is 0.00000156. The highest BCUT2D eigenvalue weighted by molar-refractivity contribution is 7.98. The second-order valence-electron chi connectivity index (χ2n) is 5.93. The fraction of sp³-hybridized carbons (Fsp3) is 0.368. The topological polar surface area (TPSA) is 24.1 Å². The zero-order valence-electron chi connectivity index (χ0n) is 14.2. The van der Waals surface area contributed by atoms with Gasteiger partial charge in [-0.1, -0.05) is 30.3 Å². The smallest absolute Gasteiger partial charge is 0.123 e. The second-order valence-corrected chi connectivity index (χ2v) is 6.78. The number of halogens is 3. The molecule has 1 heterocycles. The van der Waals surface area contributed by atoms with Crippen LogP contribution in [0.4, 0.5) is 4.39 Å². The van der Waals surface area contributed by atoms with Gasteiger partial charge in [-0.15, -0.1) is 36.6 Å². The lowest BCUT2D eigenvalue weighted by Crippen LogP contribution is -2.45. The van der Waals surface area contributed by atoms with E-state index in [1.807, 2.05) is 18.4 Å². The number of rotatable bonds is 5. The van der Waals surface area contributed by atoms with Crippen LogP contribution in [0.25, 0.3) is 0 Å². The van der Waals surface area contributed by atoms with Crippen LogP contribution in [0, 0.1) is 5.82 Å². The summed E-state index contributed by atoms with van der Waals surface area (Å²) in [6.07, 6.45) is 4.34. The summed E-state index contributed by atoms with van der Waals surface area (Å²) in [4.78, 5) is 1.14. The van der Waals surface area contributed by atoms with E-state index in [1.165, 1.54) is 18.1 Å². The van der Waals surface area contributed by atoms with Gasteiger partial charge in [-0.3, -0.25) is 0 Å². The van der Waals surface area contributed by atoms with E-state index in [0.29, 0.717) is 18.6 Å². The Kier molecular flexibility index (Phi) is 9.83. The van der Waals surface area contributed by atoms with Crippen LogP contribution in [-0.4, -0.2) is 18.8 Å². The molecule has 0 saturated carbocycles. The van der Waals surface area contributed by atoms with Crippen molar-refractivity contribution < 1.29 is 4.39 Å². The van der Waals surface area contributed by atoms with E-state index < -0.39 is 0 Å². The molecule has 0 radical (unpaired) electrons. The lowest BCUT2D eigenvalue weighted by Gasteiger charge is -2.34. The maximum absolute atomic E-state index is 13.5. The van der Waals surface area contributed by atoms with Crippen LogP contribution in [0.15, 0.2) is 53.4 Å². The molecule has 3 rings (SSSR count). The van der Waals surface area contributed by atoms with Crippen molar-refractivity contribution in [2.75, 3.05) is 12.8 Å². The fourth-order valence-electron chi connectivity index (χ4n) is 3.25. The summed E-state index contributed by atoms with van der Waals surface area (Å²) in [6.45, 7) is 1.75. The van der Waals surface area contributed by atoms with Gasteiger partial charge in [-0.05, 0) is 55.0 Å². The molecule has 6 heteroatoms. The van der Waals surface area contributed by atoms with Crippen LogP contribution in [0.3, 0.4) is 0 Å². The van der Waals surface area contributed by atoms with Gasteiger partial charge in [0.15, 0.2) is 0 Å². The van der Waals surface area contributed by atoms with Crippen molar-refractivity contribution in [3.63, 3.8) is 0 Å². The minimum atomic E-state index is -0.166. The number of benzene rings is 2. The molecule has 2 atom stereocenters. The highest BCUT2D eigenvalue weighted by atomic mass is 35.5. The average molecular weight is 403 g/mol. The molecule has 2 N–H and O–H groups in total. The SMILES string of the molecule is CSc1ccc(F)cc1CN[C@@H]1CCCN[C@@H]1c1ccccc1.Cl.Cl. The molecular formula is C19H25Cl2FN2S. The Bertz CT molecular complexity index is 643. The summed E-state index contributed by atoms with van der Waals surface area (Å²) < 4.78 is 13.5. The quantitative estimate of drug-likeness (QED) is 0.689. The van der Waals surface area contributed by atoms with Crippen molar-refractivity contribution in [3.8, 4) is 0 Å². The number of hydrogen-bond donors (Lipinski definition) is 2. The van der Waals surface area contributed by atoms with Gasteiger partial charge in [0.25, 0.3) is 0 Å². The zero-order valence-corrected chi connectivity index (χ0v) is 16.7. The van der Waals surface area contributed by atoms with Crippen molar-refractivity contribution in [2.24, 2.45) is 0 Å². The Morgan fingerprint density at radius 2 is 1.92 bits per heavy atom. The third-order valence-electron chi connectivity index (χ3n) is 4.41. The maximum atomic E-state index is 13.5. The first kappa shape index (κ1) is 22.3. The molecule has 0 aliphatic carbocycles. The summed E-state index contributed by atoms with van der Waals surface area (Å²) in [5.74, 6) is -0.166. The van der Waals surface area contributed by atoms with Gasteiger partial charge in [-0.25, -0.2) is 4.39 Å². The monoisotopic (exact) mass is 402 g/mol. The average Bonchev–Trinajstić information content (AvgIpc) is 2.61. The van der Waals surface area contributed by atoms with Gasteiger partial charge in [0.2, 0.25) is 0 Å². The fourth-order valence-corrected chi connectivity index (χ4v) is 3.84. The van der Waals surface area contributed by atoms with Crippen LogP contribution in [0.1, 0.15) is 30.0 Å². The Labute approximate surface area is 166 Å². The van der Waals surface area contributed by atoms with Crippen LogP contribution >= 0.6 is 36.6 Å². The minimum Gasteiger partial charge on any atom is -0.309 e. The summed E-state index contributed by atoms with van der Waals surface area (Å²) in [6, 6.07) is 16.3. The molecule has 138 valence electrons. The lowest BCUT2D eigenvalue weighted by atomic mass is 9.92. The number of hydrogen-bond acceptors (Lipinski definition) is 3. The lowest BCUT2D eigenvalue weighted by molar-refractivity contribution is 0.304. The van der Waals surface area contributed by atoms with Crippen LogP contribution < -0.4 is 10.6 Å². The van der Waals surface area contributed by atoms with Crippen molar-refractivity contribution in [1.29, 1.82) is 0 Å². The molecule has 2 aromatic carbocycles. The van der Waals surface area contributed by atoms with E-state index in [4.69, 9.17) is 0 Å². The molecule has 1 aliphatic heterocycles. The second kappa shape index (κ2) is 11.0. The maximum Gasteiger partial charge on any atom is 0.123 e. The summed E-state index contributed by atoms with van der Waals surface area (Å²) in [7, 11) is 0. The molecule has 0 aromatic heterocycles. The Morgan fingerprint density at radius 1 is 1.16 bits per heavy atom. The summed E-state index contributed by atoms with van der Waals surface area (Å²) in [5, 5.41) is 7.27. The van der Waals surface area contributed by atoms with Crippen molar-refractivity contribution >= 4 is 36.6 Å². The molecule has 1 aliphatic rings. The van der Waals surface area contributed by atoms with E-state index in [-0.39, 0.29) is 30.6 Å². The van der Waals surface area contributed by atoms with Gasteiger partial charge in [-0.2, -0.15) is 0 Å². The van der Waals surface area contributed by atoms with Gasteiger partial charge in [0, 0.05) is 23.5 Å². The molecule has 1 saturated heterocycles. The predicted octanol–water partition coefficient (Wildman–Crippen LogP) is 4.97. The van der Waals surface area contributed by atoms with Crippen LogP contribution in [0.2, 0.25) is 0 Å². The van der Waals surface area contributed by atoms with E-state index >= 15 is 0 Å². The first-order valence-electron chi connectivity index (χ1n) is 8.12. The number of thioether (sulfide) groups is 1. The van der Waals surface area contributed by atoms with Crippen LogP contribution in [-0.2, 0) is 6.54 Å². The highest BCUT2D eigenvalue weighted by Gasteiger charge is 2.25. The van der Waals surface area contributed by atoms with Crippen LogP contribution in [0.5, 0.6) is 0 Å². The first-order chi connectivity index (χ1) is 11.3. The highest BCUT2D eigenvalue weighted by Crippen LogP contribution is 2.25. The summed E-state index contributed by atoms with van der Waals surface area (Å²) >= 11 is 1.67.